The van der Waals surface area contributed by atoms with Crippen LogP contribution in [-0.2, 0) is 0 Å². The fraction of sp³-hybridized carbons (Fsp3) is 1.00. The van der Waals surface area contributed by atoms with Crippen LogP contribution < -0.4 is 0 Å². The molecule has 82 valence electrons. The van der Waals surface area contributed by atoms with E-state index in [1.54, 1.807) is 0 Å². The van der Waals surface area contributed by atoms with Gasteiger partial charge in [0.1, 0.15) is 4.93 Å². The van der Waals surface area contributed by atoms with Gasteiger partial charge < -0.3 is 5.11 Å². The summed E-state index contributed by atoms with van der Waals surface area (Å²) in [6.07, 6.45) is 7.21. The molecule has 2 unspecified atom stereocenters. The Balaban J connectivity index is 2.03. The van der Waals surface area contributed by atoms with Gasteiger partial charge in [-0.25, -0.2) is 0 Å². The second kappa shape index (κ2) is 3.41. The van der Waals surface area contributed by atoms with Crippen molar-refractivity contribution in [3.8, 4) is 0 Å². The van der Waals surface area contributed by atoms with Gasteiger partial charge in [-0.1, -0.05) is 26.7 Å². The van der Waals surface area contributed by atoms with Gasteiger partial charge in [-0.15, -0.1) is 12.6 Å². The molecular weight excluding hydrogens is 192 g/mol. The molecule has 0 aliphatic heterocycles. The van der Waals surface area contributed by atoms with Crippen LogP contribution in [0.2, 0.25) is 0 Å². The van der Waals surface area contributed by atoms with Crippen LogP contribution in [-0.4, -0.2) is 10.0 Å². The van der Waals surface area contributed by atoms with Gasteiger partial charge in [-0.2, -0.15) is 0 Å². The zero-order valence-electron chi connectivity index (χ0n) is 9.29. The van der Waals surface area contributed by atoms with Crippen LogP contribution in [0.1, 0.15) is 52.4 Å². The molecule has 2 saturated carbocycles. The van der Waals surface area contributed by atoms with Crippen molar-refractivity contribution in [1.82, 2.24) is 0 Å². The first-order chi connectivity index (χ1) is 6.47. The van der Waals surface area contributed by atoms with Crippen molar-refractivity contribution in [2.75, 3.05) is 0 Å². The summed E-state index contributed by atoms with van der Waals surface area (Å²) in [7, 11) is 0. The molecular formula is C12H22OS. The van der Waals surface area contributed by atoms with E-state index in [4.69, 9.17) is 0 Å². The van der Waals surface area contributed by atoms with Crippen LogP contribution in [0.15, 0.2) is 0 Å². The topological polar surface area (TPSA) is 20.2 Å². The summed E-state index contributed by atoms with van der Waals surface area (Å²) in [4.78, 5) is -0.649. The van der Waals surface area contributed by atoms with Gasteiger partial charge >= 0.3 is 0 Å². The maximum Gasteiger partial charge on any atom is 0.108 e. The zero-order chi connectivity index (χ0) is 10.4. The van der Waals surface area contributed by atoms with Gasteiger partial charge in [0, 0.05) is 0 Å². The highest BCUT2D eigenvalue weighted by molar-refractivity contribution is 7.81. The van der Waals surface area contributed by atoms with Crippen molar-refractivity contribution in [1.29, 1.82) is 0 Å². The Morgan fingerprint density at radius 3 is 2.50 bits per heavy atom. The SMILES string of the molecule is CCC1CCC(C)C2(C1)CC(O)(S)C2. The Bertz CT molecular complexity index is 216. The van der Waals surface area contributed by atoms with Crippen LogP contribution in [0.4, 0.5) is 0 Å². The first-order valence-corrected chi connectivity index (χ1v) is 6.37. The maximum absolute atomic E-state index is 9.77. The minimum absolute atomic E-state index is 0.440. The summed E-state index contributed by atoms with van der Waals surface area (Å²) in [5, 5.41) is 9.77. The number of aliphatic hydroxyl groups is 1. The number of hydrogen-bond donors (Lipinski definition) is 2. The maximum atomic E-state index is 9.77. The summed E-state index contributed by atoms with van der Waals surface area (Å²) >= 11 is 4.28. The van der Waals surface area contributed by atoms with Gasteiger partial charge in [0.15, 0.2) is 0 Å². The fourth-order valence-electron chi connectivity index (χ4n) is 3.59. The standard InChI is InChI=1S/C12H22OS/c1-3-10-5-4-9(2)11(6-10)7-12(13,14)8-11/h9-10,13-14H,3-8H2,1-2H3. The van der Waals surface area contributed by atoms with Crippen LogP contribution in [0.3, 0.4) is 0 Å². The van der Waals surface area contributed by atoms with Crippen molar-refractivity contribution in [3.05, 3.63) is 0 Å². The van der Waals surface area contributed by atoms with E-state index in [0.717, 1.165) is 24.7 Å². The molecule has 14 heavy (non-hydrogen) atoms. The lowest BCUT2D eigenvalue weighted by Crippen LogP contribution is -2.54. The molecule has 0 aromatic rings. The van der Waals surface area contributed by atoms with Crippen LogP contribution in [0, 0.1) is 17.3 Å². The normalized spacial score (nSPS) is 53.1. The largest absolute Gasteiger partial charge is 0.380 e. The summed E-state index contributed by atoms with van der Waals surface area (Å²) < 4.78 is 0. The van der Waals surface area contributed by atoms with Crippen molar-refractivity contribution >= 4 is 12.6 Å². The molecule has 0 radical (unpaired) electrons. The molecule has 1 N–H and O–H groups in total. The molecule has 0 heterocycles. The molecule has 0 amide bonds. The van der Waals surface area contributed by atoms with Gasteiger partial charge in [0.05, 0.1) is 0 Å². The van der Waals surface area contributed by atoms with E-state index in [-0.39, 0.29) is 0 Å². The highest BCUT2D eigenvalue weighted by Gasteiger charge is 2.56. The van der Waals surface area contributed by atoms with Crippen LogP contribution >= 0.6 is 12.6 Å². The third kappa shape index (κ3) is 1.71. The molecule has 2 aliphatic carbocycles. The van der Waals surface area contributed by atoms with E-state index in [1.807, 2.05) is 0 Å². The Morgan fingerprint density at radius 2 is 2.00 bits per heavy atom. The first kappa shape index (κ1) is 10.8. The smallest absolute Gasteiger partial charge is 0.108 e. The fourth-order valence-corrected chi connectivity index (χ4v) is 4.22. The molecule has 0 aromatic carbocycles. The van der Waals surface area contributed by atoms with Gasteiger partial charge in [0.2, 0.25) is 0 Å². The van der Waals surface area contributed by atoms with Gasteiger partial charge in [-0.3, -0.25) is 0 Å². The van der Waals surface area contributed by atoms with Gasteiger partial charge in [0.25, 0.3) is 0 Å². The highest BCUT2D eigenvalue weighted by Crippen LogP contribution is 2.61. The third-order valence-corrected chi connectivity index (χ3v) is 4.91. The molecule has 2 atom stereocenters. The number of rotatable bonds is 1. The number of hydrogen-bond acceptors (Lipinski definition) is 2. The molecule has 2 heteroatoms. The van der Waals surface area contributed by atoms with Crippen LogP contribution in [0.25, 0.3) is 0 Å². The molecule has 2 fully saturated rings. The van der Waals surface area contributed by atoms with E-state index in [0.29, 0.717) is 5.41 Å². The second-order valence-corrected chi connectivity index (χ2v) is 6.49. The quantitative estimate of drug-likeness (QED) is 0.507. The second-order valence-electron chi connectivity index (χ2n) is 5.66. The van der Waals surface area contributed by atoms with E-state index < -0.39 is 4.93 Å². The van der Waals surface area contributed by atoms with Crippen molar-refractivity contribution in [2.45, 2.75) is 57.3 Å². The van der Waals surface area contributed by atoms with Crippen molar-refractivity contribution in [2.24, 2.45) is 17.3 Å². The third-order valence-electron chi connectivity index (χ3n) is 4.60. The number of thiol groups is 1. The molecule has 0 aromatic heterocycles. The summed E-state index contributed by atoms with van der Waals surface area (Å²) in [5.74, 6) is 1.69. The minimum Gasteiger partial charge on any atom is -0.380 e. The van der Waals surface area contributed by atoms with E-state index in [2.05, 4.69) is 26.5 Å². The Kier molecular flexibility index (Phi) is 2.64. The molecule has 0 bridgehead atoms. The van der Waals surface area contributed by atoms with Gasteiger partial charge in [-0.05, 0) is 42.9 Å². The molecule has 1 spiro atoms. The molecule has 2 aliphatic rings. The van der Waals surface area contributed by atoms with Crippen molar-refractivity contribution in [3.63, 3.8) is 0 Å². The molecule has 0 saturated heterocycles. The lowest BCUT2D eigenvalue weighted by molar-refractivity contribution is -0.118. The van der Waals surface area contributed by atoms with E-state index in [1.165, 1.54) is 25.7 Å². The average molecular weight is 214 g/mol. The monoisotopic (exact) mass is 214 g/mol. The highest BCUT2D eigenvalue weighted by atomic mass is 32.1. The minimum atomic E-state index is -0.649. The molecule has 1 nitrogen and oxygen atoms in total. The predicted octanol–water partition coefficient (Wildman–Crippen LogP) is 3.23. The molecule has 2 rings (SSSR count). The average Bonchev–Trinajstić information content (AvgIpc) is 2.06. The predicted molar refractivity (Wildman–Crippen MR) is 62.4 cm³/mol. The van der Waals surface area contributed by atoms with Crippen LogP contribution in [0.5, 0.6) is 0 Å². The van der Waals surface area contributed by atoms with Crippen molar-refractivity contribution < 1.29 is 5.11 Å². The summed E-state index contributed by atoms with van der Waals surface area (Å²) in [6, 6.07) is 0. The summed E-state index contributed by atoms with van der Waals surface area (Å²) in [6.45, 7) is 4.65. The lowest BCUT2D eigenvalue weighted by Gasteiger charge is -2.58. The zero-order valence-corrected chi connectivity index (χ0v) is 10.2. The van der Waals surface area contributed by atoms with E-state index in [9.17, 15) is 5.11 Å². The lowest BCUT2D eigenvalue weighted by atomic mass is 9.52. The first-order valence-electron chi connectivity index (χ1n) is 5.92. The Hall–Kier alpha value is 0.310. The van der Waals surface area contributed by atoms with E-state index >= 15 is 0 Å². The Morgan fingerprint density at radius 1 is 1.36 bits per heavy atom. The Labute approximate surface area is 92.7 Å². The summed E-state index contributed by atoms with van der Waals surface area (Å²) in [5.41, 5.74) is 0.440.